The molecule has 16 heavy (non-hydrogen) atoms. The average molecular weight is 214 g/mol. The third kappa shape index (κ3) is 3.24. The predicted octanol–water partition coefficient (Wildman–Crippen LogP) is 2.36. The minimum Gasteiger partial charge on any atom is -0.357 e. The maximum atomic E-state index is 3.45. The van der Waals surface area contributed by atoms with E-state index in [1.54, 1.807) is 0 Å². The third-order valence-electron chi connectivity index (χ3n) is 2.66. The van der Waals surface area contributed by atoms with E-state index >= 15 is 0 Å². The van der Waals surface area contributed by atoms with Gasteiger partial charge in [0.15, 0.2) is 0 Å². The smallest absolute Gasteiger partial charge is 0.0220 e. The first-order valence-electron chi connectivity index (χ1n) is 5.70. The van der Waals surface area contributed by atoms with Gasteiger partial charge in [-0.3, -0.25) is 0 Å². The molecule has 0 aliphatic carbocycles. The second kappa shape index (κ2) is 5.52. The molecule has 1 N–H and O–H groups in total. The third-order valence-corrected chi connectivity index (χ3v) is 2.66. The highest BCUT2D eigenvalue weighted by atomic mass is 14.9. The van der Waals surface area contributed by atoms with Crippen LogP contribution < -0.4 is 5.32 Å². The molecule has 0 fully saturated rings. The Kier molecular flexibility index (Phi) is 3.78. The van der Waals surface area contributed by atoms with Crippen molar-refractivity contribution in [2.24, 2.45) is 7.05 Å². The summed E-state index contributed by atoms with van der Waals surface area (Å²) >= 11 is 0. The van der Waals surface area contributed by atoms with Crippen LogP contribution in [-0.4, -0.2) is 11.1 Å². The predicted molar refractivity (Wildman–Crippen MR) is 67.3 cm³/mol. The summed E-state index contributed by atoms with van der Waals surface area (Å²) in [5.41, 5.74) is 2.73. The lowest BCUT2D eigenvalue weighted by Crippen LogP contribution is -2.16. The molecule has 1 aromatic heterocycles. The van der Waals surface area contributed by atoms with Gasteiger partial charge in [0.2, 0.25) is 0 Å². The van der Waals surface area contributed by atoms with Gasteiger partial charge in [0.1, 0.15) is 0 Å². The summed E-state index contributed by atoms with van der Waals surface area (Å²) in [5, 5.41) is 3.45. The molecule has 0 amide bonds. The van der Waals surface area contributed by atoms with E-state index in [0.29, 0.717) is 0 Å². The zero-order valence-electron chi connectivity index (χ0n) is 9.69. The van der Waals surface area contributed by atoms with Gasteiger partial charge in [0, 0.05) is 26.0 Å². The van der Waals surface area contributed by atoms with Gasteiger partial charge >= 0.3 is 0 Å². The maximum absolute atomic E-state index is 3.45. The van der Waals surface area contributed by atoms with Gasteiger partial charge in [0.05, 0.1) is 0 Å². The molecule has 0 unspecified atom stereocenters. The highest BCUT2D eigenvalue weighted by Crippen LogP contribution is 2.00. The number of aryl methyl sites for hydroxylation is 1. The van der Waals surface area contributed by atoms with Crippen LogP contribution in [0.15, 0.2) is 48.8 Å². The van der Waals surface area contributed by atoms with Crippen LogP contribution >= 0.6 is 0 Å². The number of nitrogens with one attached hydrogen (secondary N) is 1. The van der Waals surface area contributed by atoms with Crippen LogP contribution in [0.3, 0.4) is 0 Å². The topological polar surface area (TPSA) is 17.0 Å². The number of rotatable bonds is 5. The van der Waals surface area contributed by atoms with Crippen molar-refractivity contribution in [2.75, 3.05) is 6.54 Å². The lowest BCUT2D eigenvalue weighted by molar-refractivity contribution is 0.686. The van der Waals surface area contributed by atoms with Crippen molar-refractivity contribution < 1.29 is 0 Å². The van der Waals surface area contributed by atoms with Crippen molar-refractivity contribution in [3.05, 3.63) is 59.9 Å². The van der Waals surface area contributed by atoms with Crippen molar-refractivity contribution in [1.29, 1.82) is 0 Å². The minimum absolute atomic E-state index is 0.952. The molecule has 1 aromatic carbocycles. The van der Waals surface area contributed by atoms with E-state index in [1.165, 1.54) is 11.1 Å². The van der Waals surface area contributed by atoms with Crippen molar-refractivity contribution >= 4 is 0 Å². The van der Waals surface area contributed by atoms with E-state index < -0.39 is 0 Å². The molecule has 2 rings (SSSR count). The summed E-state index contributed by atoms with van der Waals surface area (Å²) in [4.78, 5) is 0. The standard InChI is InChI=1S/C14H18N2/c1-16-10-8-14(12-16)11-15-9-7-13-5-3-2-4-6-13/h2-6,8,10,12,15H,7,9,11H2,1H3. The quantitative estimate of drug-likeness (QED) is 0.756. The first-order chi connectivity index (χ1) is 7.84. The zero-order chi connectivity index (χ0) is 11.2. The van der Waals surface area contributed by atoms with E-state index in [2.05, 4.69) is 58.7 Å². The van der Waals surface area contributed by atoms with Crippen LogP contribution in [-0.2, 0) is 20.0 Å². The zero-order valence-corrected chi connectivity index (χ0v) is 9.69. The van der Waals surface area contributed by atoms with Gasteiger partial charge in [-0.1, -0.05) is 30.3 Å². The van der Waals surface area contributed by atoms with Crippen LogP contribution in [0, 0.1) is 0 Å². The molecule has 0 radical (unpaired) electrons. The van der Waals surface area contributed by atoms with Gasteiger partial charge < -0.3 is 9.88 Å². The highest BCUT2D eigenvalue weighted by Gasteiger charge is 1.94. The van der Waals surface area contributed by atoms with Gasteiger partial charge in [-0.25, -0.2) is 0 Å². The molecule has 1 heterocycles. The molecule has 0 saturated heterocycles. The molecule has 2 heteroatoms. The van der Waals surface area contributed by atoms with Crippen LogP contribution in [0.4, 0.5) is 0 Å². The fourth-order valence-corrected chi connectivity index (χ4v) is 1.78. The van der Waals surface area contributed by atoms with Crippen molar-refractivity contribution in [3.8, 4) is 0 Å². The molecule has 0 bridgehead atoms. The summed E-state index contributed by atoms with van der Waals surface area (Å²) < 4.78 is 2.08. The molecular formula is C14H18N2. The Morgan fingerprint density at radius 3 is 2.56 bits per heavy atom. The lowest BCUT2D eigenvalue weighted by Gasteiger charge is -2.03. The monoisotopic (exact) mass is 214 g/mol. The van der Waals surface area contributed by atoms with Gasteiger partial charge in [-0.05, 0) is 30.2 Å². The number of hydrogen-bond acceptors (Lipinski definition) is 1. The van der Waals surface area contributed by atoms with E-state index in [0.717, 1.165) is 19.5 Å². The number of nitrogens with zero attached hydrogens (tertiary/aromatic N) is 1. The van der Waals surface area contributed by atoms with Crippen molar-refractivity contribution in [2.45, 2.75) is 13.0 Å². The van der Waals surface area contributed by atoms with Crippen LogP contribution in [0.5, 0.6) is 0 Å². The number of aromatic nitrogens is 1. The molecule has 84 valence electrons. The van der Waals surface area contributed by atoms with E-state index in [-0.39, 0.29) is 0 Å². The first kappa shape index (κ1) is 11.0. The van der Waals surface area contributed by atoms with Crippen LogP contribution in [0.25, 0.3) is 0 Å². The molecule has 0 atom stereocenters. The fraction of sp³-hybridized carbons (Fsp3) is 0.286. The van der Waals surface area contributed by atoms with Crippen molar-refractivity contribution in [3.63, 3.8) is 0 Å². The summed E-state index contributed by atoms with van der Waals surface area (Å²) in [5.74, 6) is 0. The Morgan fingerprint density at radius 2 is 1.88 bits per heavy atom. The molecule has 0 saturated carbocycles. The summed E-state index contributed by atoms with van der Waals surface area (Å²) in [6.07, 6.45) is 5.32. The van der Waals surface area contributed by atoms with E-state index in [1.807, 2.05) is 7.05 Å². The second-order valence-electron chi connectivity index (χ2n) is 4.10. The SMILES string of the molecule is Cn1ccc(CNCCc2ccccc2)c1. The van der Waals surface area contributed by atoms with Crippen LogP contribution in [0.1, 0.15) is 11.1 Å². The van der Waals surface area contributed by atoms with E-state index in [4.69, 9.17) is 0 Å². The summed E-state index contributed by atoms with van der Waals surface area (Å²) in [7, 11) is 2.05. The molecule has 2 nitrogen and oxygen atoms in total. The lowest BCUT2D eigenvalue weighted by atomic mass is 10.1. The molecule has 0 aliphatic rings. The first-order valence-corrected chi connectivity index (χ1v) is 5.70. The Labute approximate surface area is 96.9 Å². The highest BCUT2D eigenvalue weighted by molar-refractivity contribution is 5.15. The Bertz CT molecular complexity index is 417. The number of benzene rings is 1. The summed E-state index contributed by atoms with van der Waals surface area (Å²) in [6, 6.07) is 12.7. The van der Waals surface area contributed by atoms with Crippen LogP contribution in [0.2, 0.25) is 0 Å². The molecule has 2 aromatic rings. The normalized spacial score (nSPS) is 10.6. The van der Waals surface area contributed by atoms with Gasteiger partial charge in [-0.2, -0.15) is 0 Å². The average Bonchev–Trinajstić information content (AvgIpc) is 2.72. The minimum atomic E-state index is 0.952. The van der Waals surface area contributed by atoms with Crippen molar-refractivity contribution in [1.82, 2.24) is 9.88 Å². The van der Waals surface area contributed by atoms with Gasteiger partial charge in [-0.15, -0.1) is 0 Å². The van der Waals surface area contributed by atoms with Gasteiger partial charge in [0.25, 0.3) is 0 Å². The molecule has 0 aliphatic heterocycles. The fourth-order valence-electron chi connectivity index (χ4n) is 1.78. The maximum Gasteiger partial charge on any atom is 0.0220 e. The number of hydrogen-bond donors (Lipinski definition) is 1. The Hall–Kier alpha value is -1.54. The Balaban J connectivity index is 1.69. The summed E-state index contributed by atoms with van der Waals surface area (Å²) in [6.45, 7) is 1.98. The largest absolute Gasteiger partial charge is 0.357 e. The molecule has 0 spiro atoms. The van der Waals surface area contributed by atoms with E-state index in [9.17, 15) is 0 Å². The Morgan fingerprint density at radius 1 is 1.06 bits per heavy atom. The second-order valence-corrected chi connectivity index (χ2v) is 4.10. The molecular weight excluding hydrogens is 196 g/mol.